The maximum Gasteiger partial charge on any atom is 0.259 e. The molecule has 7 rings (SSSR count). The first-order valence-electron chi connectivity index (χ1n) is 19.0. The van der Waals surface area contributed by atoms with Crippen LogP contribution >= 0.6 is 0 Å². The van der Waals surface area contributed by atoms with E-state index in [4.69, 9.17) is 9.47 Å². The number of aromatic nitrogens is 1. The zero-order chi connectivity index (χ0) is 35.6. The van der Waals surface area contributed by atoms with Gasteiger partial charge in [0, 0.05) is 42.2 Å². The fourth-order valence-corrected chi connectivity index (χ4v) is 9.83. The number of ether oxygens (including phenoxy) is 2. The van der Waals surface area contributed by atoms with E-state index in [0.717, 1.165) is 54.3 Å². The predicted molar refractivity (Wildman–Crippen MR) is 198 cm³/mol. The molecule has 276 valence electrons. The van der Waals surface area contributed by atoms with Gasteiger partial charge in [-0.15, -0.1) is 6.58 Å². The molecule has 5 aliphatic rings. The van der Waals surface area contributed by atoms with Crippen molar-refractivity contribution in [1.29, 1.82) is 0 Å². The highest BCUT2D eigenvalue weighted by atomic mass is 32.2. The molecule has 1 aromatic carbocycles. The van der Waals surface area contributed by atoms with Gasteiger partial charge in [-0.3, -0.25) is 19.2 Å². The number of hydrogen-bond donors (Lipinski definition) is 3. The third-order valence-corrected chi connectivity index (χ3v) is 13.5. The topological polar surface area (TPSA) is 139 Å². The van der Waals surface area contributed by atoms with Gasteiger partial charge in [0.05, 0.1) is 12.4 Å². The second kappa shape index (κ2) is 15.2. The maximum atomic E-state index is 14.6. The van der Waals surface area contributed by atoms with Crippen LogP contribution in [0, 0.1) is 11.8 Å². The molecule has 3 saturated carbocycles. The monoisotopic (exact) mass is 719 g/mol. The lowest BCUT2D eigenvalue weighted by Gasteiger charge is -2.36. The van der Waals surface area contributed by atoms with E-state index in [0.29, 0.717) is 50.6 Å². The van der Waals surface area contributed by atoms with E-state index in [1.54, 1.807) is 19.4 Å². The smallest absolute Gasteiger partial charge is 0.259 e. The number of allylic oxidation sites excluding steroid dienone is 1. The molecule has 3 heterocycles. The number of methoxy groups -OCH3 is 1. The third kappa shape index (κ3) is 7.83. The van der Waals surface area contributed by atoms with E-state index >= 15 is 0 Å². The summed E-state index contributed by atoms with van der Waals surface area (Å²) in [5, 5.41) is 8.15. The second-order valence-corrected chi connectivity index (χ2v) is 17.2. The van der Waals surface area contributed by atoms with Crippen LogP contribution in [-0.4, -0.2) is 85.8 Å². The lowest BCUT2D eigenvalue weighted by atomic mass is 9.83. The molecular weight excluding hydrogens is 667 g/mol. The summed E-state index contributed by atoms with van der Waals surface area (Å²) in [6.07, 6.45) is 19.3. The summed E-state index contributed by atoms with van der Waals surface area (Å²) in [4.78, 5) is 35.2. The van der Waals surface area contributed by atoms with Crippen molar-refractivity contribution in [1.82, 2.24) is 25.2 Å². The van der Waals surface area contributed by atoms with Crippen molar-refractivity contribution in [3.63, 3.8) is 0 Å². The van der Waals surface area contributed by atoms with E-state index in [1.807, 2.05) is 18.2 Å². The van der Waals surface area contributed by atoms with Crippen molar-refractivity contribution in [2.75, 3.05) is 26.7 Å². The van der Waals surface area contributed by atoms with E-state index in [2.05, 4.69) is 44.0 Å². The lowest BCUT2D eigenvalue weighted by molar-refractivity contribution is -0.133. The molecular formula is C39H53N5O6S. The van der Waals surface area contributed by atoms with Gasteiger partial charge in [-0.25, -0.2) is 13.4 Å². The van der Waals surface area contributed by atoms with Crippen molar-refractivity contribution in [3.05, 3.63) is 48.7 Å². The number of sulfonamides is 1. The predicted octanol–water partition coefficient (Wildman–Crippen LogP) is 4.86. The minimum Gasteiger partial charge on any atom is -0.496 e. The van der Waals surface area contributed by atoms with Crippen LogP contribution in [0.2, 0.25) is 0 Å². The van der Waals surface area contributed by atoms with Gasteiger partial charge >= 0.3 is 0 Å². The lowest BCUT2D eigenvalue weighted by Crippen LogP contribution is -2.59. The van der Waals surface area contributed by atoms with Crippen LogP contribution in [0.3, 0.4) is 0 Å². The molecule has 0 radical (unpaired) electrons. The second-order valence-electron chi connectivity index (χ2n) is 15.2. The summed E-state index contributed by atoms with van der Waals surface area (Å²) >= 11 is 0. The van der Waals surface area contributed by atoms with Crippen LogP contribution in [0.4, 0.5) is 0 Å². The van der Waals surface area contributed by atoms with Gasteiger partial charge in [-0.2, -0.15) is 0 Å². The molecule has 1 saturated heterocycles. The van der Waals surface area contributed by atoms with E-state index < -0.39 is 38.9 Å². The number of nitrogens with zero attached hydrogens (tertiary/aromatic N) is 2. The quantitative estimate of drug-likeness (QED) is 0.327. The Morgan fingerprint density at radius 2 is 1.90 bits per heavy atom. The number of carbonyl (C=O) groups is 2. The number of rotatable bonds is 8. The number of carbonyl (C=O) groups excluding carboxylic acids is 2. The number of fused-ring (bicyclic) bond motifs is 3. The van der Waals surface area contributed by atoms with Crippen molar-refractivity contribution in [3.8, 4) is 11.6 Å². The van der Waals surface area contributed by atoms with Gasteiger partial charge in [-0.1, -0.05) is 43.9 Å². The first kappa shape index (κ1) is 35.9. The molecule has 11 nitrogen and oxygen atoms in total. The van der Waals surface area contributed by atoms with Gasteiger partial charge < -0.3 is 20.1 Å². The molecule has 2 aromatic rings. The molecule has 2 amide bonds. The number of amides is 2. The molecule has 4 bridgehead atoms. The van der Waals surface area contributed by atoms with Crippen LogP contribution in [0.1, 0.15) is 89.0 Å². The van der Waals surface area contributed by atoms with Crippen LogP contribution in [0.5, 0.6) is 11.6 Å². The Morgan fingerprint density at radius 3 is 2.65 bits per heavy atom. The summed E-state index contributed by atoms with van der Waals surface area (Å²) in [6, 6.07) is 5.46. The average molecular weight is 720 g/mol. The van der Waals surface area contributed by atoms with Crippen molar-refractivity contribution in [2.45, 2.75) is 112 Å². The fraction of sp³-hybridized carbons (Fsp3) is 0.615. The van der Waals surface area contributed by atoms with E-state index in [-0.39, 0.29) is 17.9 Å². The molecule has 2 aliphatic heterocycles. The van der Waals surface area contributed by atoms with E-state index in [1.165, 1.54) is 32.1 Å². The molecule has 6 atom stereocenters. The summed E-state index contributed by atoms with van der Waals surface area (Å²) < 4.78 is 40.4. The normalized spacial score (nSPS) is 31.1. The minimum absolute atomic E-state index is 0.214. The van der Waals surface area contributed by atoms with Crippen LogP contribution in [0.15, 0.2) is 43.1 Å². The summed E-state index contributed by atoms with van der Waals surface area (Å²) in [5.74, 6) is 0.312. The first-order valence-corrected chi connectivity index (χ1v) is 20.5. The molecule has 12 heteroatoms. The SMILES string of the molecule is C=C[C@@H]1C[C@]1(NC(=O)[C@@H]1[C@@H]2CCN1C[C@H](C1CCCCC1)NCCCCC/C=C/c1cc3c(nccc3cc1OC)O2)C(=O)NS(=O)(=O)C1CC1. The van der Waals surface area contributed by atoms with Gasteiger partial charge in [0.1, 0.15) is 23.4 Å². The fourth-order valence-electron chi connectivity index (χ4n) is 8.46. The van der Waals surface area contributed by atoms with Gasteiger partial charge in [0.15, 0.2) is 0 Å². The van der Waals surface area contributed by atoms with Crippen LogP contribution in [0.25, 0.3) is 16.8 Å². The minimum atomic E-state index is -3.80. The largest absolute Gasteiger partial charge is 0.496 e. The number of pyridine rings is 1. The number of nitrogens with one attached hydrogen (secondary N) is 3. The van der Waals surface area contributed by atoms with Crippen LogP contribution in [-0.2, 0) is 19.6 Å². The Hall–Kier alpha value is -3.48. The van der Waals surface area contributed by atoms with Crippen molar-refractivity contribution in [2.24, 2.45) is 11.8 Å². The van der Waals surface area contributed by atoms with Gasteiger partial charge in [-0.05, 0) is 93.8 Å². The highest BCUT2D eigenvalue weighted by Gasteiger charge is 2.62. The molecule has 51 heavy (non-hydrogen) atoms. The first-order chi connectivity index (χ1) is 24.7. The highest BCUT2D eigenvalue weighted by Crippen LogP contribution is 2.46. The summed E-state index contributed by atoms with van der Waals surface area (Å²) in [6.45, 7) is 6.11. The van der Waals surface area contributed by atoms with Crippen LogP contribution < -0.4 is 24.8 Å². The Bertz CT molecular complexity index is 1760. The molecule has 3 aliphatic carbocycles. The zero-order valence-electron chi connectivity index (χ0n) is 29.8. The van der Waals surface area contributed by atoms with Crippen molar-refractivity contribution < 1.29 is 27.5 Å². The molecule has 1 unspecified atom stereocenters. The number of hydrogen-bond acceptors (Lipinski definition) is 9. The Balaban J connectivity index is 1.22. The maximum absolute atomic E-state index is 14.6. The summed E-state index contributed by atoms with van der Waals surface area (Å²) in [7, 11) is -2.13. The number of benzene rings is 1. The Kier molecular flexibility index (Phi) is 10.7. The summed E-state index contributed by atoms with van der Waals surface area (Å²) in [5.41, 5.74) is -0.439. The van der Waals surface area contributed by atoms with Crippen molar-refractivity contribution >= 4 is 38.7 Å². The Labute approximate surface area is 302 Å². The molecule has 3 N–H and O–H groups in total. The van der Waals surface area contributed by atoms with Gasteiger partial charge in [0.25, 0.3) is 5.91 Å². The average Bonchev–Trinajstić information content (AvgIpc) is 4.06. The molecule has 1 aromatic heterocycles. The standard InChI is InChI=1S/C39H53N5O6S/c1-3-29-24-39(29,38(46)43-51(47,48)30-15-16-30)42-36(45)35-33-18-21-44(35)25-32(26-12-9-7-10-13-26)40-19-11-6-4-5-8-14-28-22-31-27(23-34(28)49-2)17-20-41-37(31)50-33/h3,8,14,17,20,22-23,26,29-30,32-33,35,40H,1,4-7,9-13,15-16,18-19,21,24-25H2,2H3,(H,42,45)(H,43,46)/b14-8+/t29-,32-,33+,35+,39-/m1/s1. The van der Waals surface area contributed by atoms with E-state index in [9.17, 15) is 18.0 Å². The molecule has 0 spiro atoms. The molecule has 4 fully saturated rings. The zero-order valence-corrected chi connectivity index (χ0v) is 30.6. The Morgan fingerprint density at radius 1 is 1.10 bits per heavy atom. The highest BCUT2D eigenvalue weighted by molar-refractivity contribution is 7.91. The third-order valence-electron chi connectivity index (χ3n) is 11.7. The van der Waals surface area contributed by atoms with Gasteiger partial charge in [0.2, 0.25) is 21.8 Å².